The van der Waals surface area contributed by atoms with Gasteiger partial charge in [0.05, 0.1) is 6.61 Å². The minimum absolute atomic E-state index is 0.664. The first kappa shape index (κ1) is 14.4. The standard InChI is InChI=1S/C16H26N2O/c1-15(18-11-5-6-12-18)14-17-10-7-13-19-16-8-3-2-4-9-16/h2-4,8-9,15,17H,5-7,10-14H2,1H3. The largest absolute Gasteiger partial charge is 0.494 e. The minimum atomic E-state index is 0.664. The van der Waals surface area contributed by atoms with Crippen molar-refractivity contribution in [2.75, 3.05) is 32.8 Å². The molecule has 0 spiro atoms. The van der Waals surface area contributed by atoms with Gasteiger partial charge in [0.1, 0.15) is 5.75 Å². The highest BCUT2D eigenvalue weighted by Gasteiger charge is 2.16. The number of ether oxygens (including phenoxy) is 1. The van der Waals surface area contributed by atoms with Crippen LogP contribution in [0.1, 0.15) is 26.2 Å². The molecule has 2 rings (SSSR count). The number of para-hydroxylation sites is 1. The highest BCUT2D eigenvalue weighted by Crippen LogP contribution is 2.10. The lowest BCUT2D eigenvalue weighted by atomic mass is 10.3. The molecule has 1 aromatic rings. The van der Waals surface area contributed by atoms with Crippen molar-refractivity contribution < 1.29 is 4.74 Å². The van der Waals surface area contributed by atoms with Gasteiger partial charge in [0.25, 0.3) is 0 Å². The van der Waals surface area contributed by atoms with Gasteiger partial charge in [0.15, 0.2) is 0 Å². The summed E-state index contributed by atoms with van der Waals surface area (Å²) in [6.07, 6.45) is 3.80. The Balaban J connectivity index is 1.48. The van der Waals surface area contributed by atoms with Gasteiger partial charge in [0, 0.05) is 12.6 Å². The molecular weight excluding hydrogens is 236 g/mol. The SMILES string of the molecule is CC(CNCCCOc1ccccc1)N1CCCC1. The fourth-order valence-electron chi connectivity index (χ4n) is 2.53. The second-order valence-electron chi connectivity index (χ2n) is 5.31. The molecule has 106 valence electrons. The Morgan fingerprint density at radius 1 is 1.21 bits per heavy atom. The Hall–Kier alpha value is -1.06. The van der Waals surface area contributed by atoms with Crippen molar-refractivity contribution in [2.24, 2.45) is 0 Å². The molecular formula is C16H26N2O. The van der Waals surface area contributed by atoms with Crippen molar-refractivity contribution in [3.8, 4) is 5.75 Å². The fraction of sp³-hybridized carbons (Fsp3) is 0.625. The van der Waals surface area contributed by atoms with E-state index < -0.39 is 0 Å². The van der Waals surface area contributed by atoms with Crippen molar-refractivity contribution in [2.45, 2.75) is 32.2 Å². The maximum absolute atomic E-state index is 5.66. The molecule has 0 aromatic heterocycles. The minimum Gasteiger partial charge on any atom is -0.494 e. The summed E-state index contributed by atoms with van der Waals surface area (Å²) < 4.78 is 5.66. The van der Waals surface area contributed by atoms with Gasteiger partial charge in [-0.25, -0.2) is 0 Å². The lowest BCUT2D eigenvalue weighted by Crippen LogP contribution is -2.39. The molecule has 1 heterocycles. The topological polar surface area (TPSA) is 24.5 Å². The normalized spacial score (nSPS) is 17.5. The van der Waals surface area contributed by atoms with Crippen LogP contribution in [0.2, 0.25) is 0 Å². The molecule has 0 radical (unpaired) electrons. The number of hydrogen-bond acceptors (Lipinski definition) is 3. The molecule has 1 N–H and O–H groups in total. The summed E-state index contributed by atoms with van der Waals surface area (Å²) in [6.45, 7) is 7.78. The van der Waals surface area contributed by atoms with Gasteiger partial charge < -0.3 is 10.1 Å². The van der Waals surface area contributed by atoms with E-state index in [0.717, 1.165) is 31.9 Å². The lowest BCUT2D eigenvalue weighted by molar-refractivity contribution is 0.248. The van der Waals surface area contributed by atoms with E-state index in [4.69, 9.17) is 4.74 Å². The van der Waals surface area contributed by atoms with E-state index in [2.05, 4.69) is 17.1 Å². The number of benzene rings is 1. The van der Waals surface area contributed by atoms with E-state index in [1.807, 2.05) is 30.3 Å². The molecule has 1 unspecified atom stereocenters. The van der Waals surface area contributed by atoms with Crippen molar-refractivity contribution >= 4 is 0 Å². The Labute approximate surface area is 116 Å². The van der Waals surface area contributed by atoms with Gasteiger partial charge >= 0.3 is 0 Å². The number of nitrogens with zero attached hydrogens (tertiary/aromatic N) is 1. The third kappa shape index (κ3) is 5.21. The first-order valence-corrected chi connectivity index (χ1v) is 7.49. The quantitative estimate of drug-likeness (QED) is 0.729. The van der Waals surface area contributed by atoms with Crippen LogP contribution in [-0.4, -0.2) is 43.7 Å². The Morgan fingerprint density at radius 2 is 1.95 bits per heavy atom. The number of hydrogen-bond donors (Lipinski definition) is 1. The van der Waals surface area contributed by atoms with Gasteiger partial charge in [-0.1, -0.05) is 18.2 Å². The highest BCUT2D eigenvalue weighted by atomic mass is 16.5. The molecule has 3 heteroatoms. The molecule has 0 saturated carbocycles. The highest BCUT2D eigenvalue weighted by molar-refractivity contribution is 5.20. The van der Waals surface area contributed by atoms with Crippen LogP contribution in [0.4, 0.5) is 0 Å². The third-order valence-electron chi connectivity index (χ3n) is 3.71. The zero-order valence-electron chi connectivity index (χ0n) is 12.0. The number of nitrogens with one attached hydrogen (secondary N) is 1. The second kappa shape index (κ2) is 8.18. The molecule has 3 nitrogen and oxygen atoms in total. The molecule has 0 amide bonds. The smallest absolute Gasteiger partial charge is 0.119 e. The monoisotopic (exact) mass is 262 g/mol. The van der Waals surface area contributed by atoms with Crippen LogP contribution in [0.5, 0.6) is 5.75 Å². The van der Waals surface area contributed by atoms with Crippen LogP contribution < -0.4 is 10.1 Å². The summed E-state index contributed by atoms with van der Waals surface area (Å²) in [5.74, 6) is 0.966. The Morgan fingerprint density at radius 3 is 2.68 bits per heavy atom. The van der Waals surface area contributed by atoms with Crippen molar-refractivity contribution in [1.82, 2.24) is 10.2 Å². The van der Waals surface area contributed by atoms with Crippen LogP contribution in [-0.2, 0) is 0 Å². The Kier molecular flexibility index (Phi) is 6.18. The average Bonchev–Trinajstić information content (AvgIpc) is 2.98. The summed E-state index contributed by atoms with van der Waals surface area (Å²) in [6, 6.07) is 10.7. The summed E-state index contributed by atoms with van der Waals surface area (Å²) in [4.78, 5) is 2.58. The van der Waals surface area contributed by atoms with Crippen molar-refractivity contribution in [3.05, 3.63) is 30.3 Å². The van der Waals surface area contributed by atoms with Crippen molar-refractivity contribution in [1.29, 1.82) is 0 Å². The van der Waals surface area contributed by atoms with Gasteiger partial charge in [-0.15, -0.1) is 0 Å². The van der Waals surface area contributed by atoms with Gasteiger partial charge in [-0.2, -0.15) is 0 Å². The fourth-order valence-corrected chi connectivity index (χ4v) is 2.53. The van der Waals surface area contributed by atoms with E-state index in [-0.39, 0.29) is 0 Å². The maximum atomic E-state index is 5.66. The van der Waals surface area contributed by atoms with Crippen LogP contribution in [0, 0.1) is 0 Å². The predicted molar refractivity (Wildman–Crippen MR) is 79.7 cm³/mol. The molecule has 1 atom stereocenters. The zero-order chi connectivity index (χ0) is 13.3. The predicted octanol–water partition coefficient (Wildman–Crippen LogP) is 2.53. The summed E-state index contributed by atoms with van der Waals surface area (Å²) in [5, 5.41) is 3.53. The third-order valence-corrected chi connectivity index (χ3v) is 3.71. The molecule has 1 aromatic carbocycles. The van der Waals surface area contributed by atoms with E-state index >= 15 is 0 Å². The van der Waals surface area contributed by atoms with Gasteiger partial charge in [0.2, 0.25) is 0 Å². The van der Waals surface area contributed by atoms with E-state index in [1.165, 1.54) is 25.9 Å². The molecule has 19 heavy (non-hydrogen) atoms. The first-order chi connectivity index (χ1) is 9.36. The maximum Gasteiger partial charge on any atom is 0.119 e. The molecule has 1 aliphatic heterocycles. The number of rotatable bonds is 8. The molecule has 1 saturated heterocycles. The first-order valence-electron chi connectivity index (χ1n) is 7.49. The van der Waals surface area contributed by atoms with Gasteiger partial charge in [-0.05, 0) is 58.0 Å². The second-order valence-corrected chi connectivity index (χ2v) is 5.31. The lowest BCUT2D eigenvalue weighted by Gasteiger charge is -2.23. The van der Waals surface area contributed by atoms with Gasteiger partial charge in [-0.3, -0.25) is 4.90 Å². The van der Waals surface area contributed by atoms with Crippen LogP contribution >= 0.6 is 0 Å². The molecule has 1 aliphatic rings. The molecule has 0 aliphatic carbocycles. The molecule has 0 bridgehead atoms. The summed E-state index contributed by atoms with van der Waals surface area (Å²) in [7, 11) is 0. The van der Waals surface area contributed by atoms with Crippen LogP contribution in [0.15, 0.2) is 30.3 Å². The Bertz CT molecular complexity index is 336. The van der Waals surface area contributed by atoms with E-state index in [9.17, 15) is 0 Å². The molecule has 1 fully saturated rings. The van der Waals surface area contributed by atoms with E-state index in [0.29, 0.717) is 6.04 Å². The zero-order valence-corrected chi connectivity index (χ0v) is 12.0. The van der Waals surface area contributed by atoms with E-state index in [1.54, 1.807) is 0 Å². The average molecular weight is 262 g/mol. The van der Waals surface area contributed by atoms with Crippen LogP contribution in [0.25, 0.3) is 0 Å². The number of likely N-dealkylation sites (tertiary alicyclic amines) is 1. The summed E-state index contributed by atoms with van der Waals surface area (Å²) in [5.41, 5.74) is 0. The van der Waals surface area contributed by atoms with Crippen molar-refractivity contribution in [3.63, 3.8) is 0 Å². The summed E-state index contributed by atoms with van der Waals surface area (Å²) >= 11 is 0. The van der Waals surface area contributed by atoms with Crippen LogP contribution in [0.3, 0.4) is 0 Å².